The van der Waals surface area contributed by atoms with Crippen molar-refractivity contribution in [3.8, 4) is 0 Å². The van der Waals surface area contributed by atoms with Crippen LogP contribution in [0.3, 0.4) is 0 Å². The summed E-state index contributed by atoms with van der Waals surface area (Å²) in [6.07, 6.45) is 2.07. The van der Waals surface area contributed by atoms with E-state index in [-0.39, 0.29) is 39.6 Å². The lowest BCUT2D eigenvalue weighted by Gasteiger charge is -2.21. The van der Waals surface area contributed by atoms with Gasteiger partial charge >= 0.3 is 4.87 Å². The van der Waals surface area contributed by atoms with Gasteiger partial charge in [-0.25, -0.2) is 0 Å². The summed E-state index contributed by atoms with van der Waals surface area (Å²) in [6.45, 7) is 4.24. The number of aryl methyl sites for hydroxylation is 2. The highest BCUT2D eigenvalue weighted by atomic mass is 32.1. The van der Waals surface area contributed by atoms with Crippen molar-refractivity contribution in [3.63, 3.8) is 0 Å². The summed E-state index contributed by atoms with van der Waals surface area (Å²) in [6, 6.07) is 3.48. The van der Waals surface area contributed by atoms with E-state index in [1.165, 1.54) is 0 Å². The predicted molar refractivity (Wildman–Crippen MR) is 96.9 cm³/mol. The van der Waals surface area contributed by atoms with E-state index in [2.05, 4.69) is 0 Å². The molecule has 2 aliphatic carbocycles. The molecule has 4 rings (SSSR count). The highest BCUT2D eigenvalue weighted by Gasteiger charge is 2.45. The number of nitrogens with zero attached hydrogens (tertiary/aromatic N) is 1. The number of carbonyl (C=O) groups is 2. The lowest BCUT2D eigenvalue weighted by atomic mass is 9.81. The highest BCUT2D eigenvalue weighted by Crippen LogP contribution is 2.42. The van der Waals surface area contributed by atoms with Gasteiger partial charge in [-0.15, -0.1) is 0 Å². The Morgan fingerprint density at radius 3 is 2.44 bits per heavy atom. The molecule has 6 heteroatoms. The van der Waals surface area contributed by atoms with Crippen LogP contribution in [0.25, 0.3) is 16.0 Å². The zero-order valence-corrected chi connectivity index (χ0v) is 15.0. The molecule has 1 aromatic heterocycles. The molecule has 0 spiro atoms. The molecule has 0 amide bonds. The van der Waals surface area contributed by atoms with Crippen molar-refractivity contribution >= 4 is 38.9 Å². The van der Waals surface area contributed by atoms with Crippen molar-refractivity contribution in [2.75, 3.05) is 0 Å². The first kappa shape index (κ1) is 16.3. The zero-order valence-electron chi connectivity index (χ0n) is 14.2. The van der Waals surface area contributed by atoms with Gasteiger partial charge in [0.25, 0.3) is 0 Å². The van der Waals surface area contributed by atoms with Crippen LogP contribution in [0.4, 0.5) is 0 Å². The lowest BCUT2D eigenvalue weighted by molar-refractivity contribution is -0.127. The van der Waals surface area contributed by atoms with E-state index in [1.807, 2.05) is 13.8 Å². The van der Waals surface area contributed by atoms with Crippen molar-refractivity contribution in [1.82, 2.24) is 4.57 Å². The van der Waals surface area contributed by atoms with Crippen LogP contribution in [0, 0.1) is 18.8 Å². The van der Waals surface area contributed by atoms with Crippen LogP contribution in [0.2, 0.25) is 0 Å². The Morgan fingerprint density at radius 1 is 1.20 bits per heavy atom. The van der Waals surface area contributed by atoms with Gasteiger partial charge in [-0.05, 0) is 50.8 Å². The molecule has 2 aromatic rings. The number of rotatable bonds is 2. The first-order valence-corrected chi connectivity index (χ1v) is 9.40. The van der Waals surface area contributed by atoms with Crippen molar-refractivity contribution < 1.29 is 14.7 Å². The van der Waals surface area contributed by atoms with Gasteiger partial charge in [-0.1, -0.05) is 11.3 Å². The van der Waals surface area contributed by atoms with Crippen LogP contribution in [-0.2, 0) is 16.1 Å². The fourth-order valence-electron chi connectivity index (χ4n) is 4.23. The van der Waals surface area contributed by atoms with Gasteiger partial charge in [0, 0.05) is 23.9 Å². The molecular formula is C19H19NO4S. The lowest BCUT2D eigenvalue weighted by Crippen LogP contribution is -2.30. The Morgan fingerprint density at radius 2 is 1.84 bits per heavy atom. The van der Waals surface area contributed by atoms with Crippen LogP contribution < -0.4 is 4.87 Å². The first-order valence-electron chi connectivity index (χ1n) is 8.59. The van der Waals surface area contributed by atoms with E-state index in [4.69, 9.17) is 0 Å². The Labute approximate surface area is 148 Å². The van der Waals surface area contributed by atoms with Gasteiger partial charge in [0.15, 0.2) is 11.6 Å². The standard InChI is InChI=1S/C19H19NO4S/c1-3-20-15-9(2)12(6-7-13(15)25-19(20)24)18(23)14-16(21)10-4-5-11(8-10)17(14)22/h6-7,10-11,23H,3-5,8H2,1-2H3. The van der Waals surface area contributed by atoms with Crippen molar-refractivity contribution in [2.24, 2.45) is 11.8 Å². The maximum absolute atomic E-state index is 12.6. The number of aliphatic hydroxyl groups is 1. The summed E-state index contributed by atoms with van der Waals surface area (Å²) in [5.74, 6) is -0.965. The monoisotopic (exact) mass is 357 g/mol. The van der Waals surface area contributed by atoms with E-state index in [0.29, 0.717) is 18.5 Å². The summed E-state index contributed by atoms with van der Waals surface area (Å²) in [7, 11) is 0. The third kappa shape index (κ3) is 2.24. The minimum Gasteiger partial charge on any atom is -0.506 e. The smallest absolute Gasteiger partial charge is 0.308 e. The maximum Gasteiger partial charge on any atom is 0.308 e. The molecule has 2 saturated carbocycles. The van der Waals surface area contributed by atoms with Crippen molar-refractivity contribution in [3.05, 3.63) is 38.5 Å². The molecule has 130 valence electrons. The third-order valence-corrected chi connectivity index (χ3v) is 6.50. The minimum atomic E-state index is -0.229. The molecule has 2 fully saturated rings. The molecular weight excluding hydrogens is 338 g/mol. The minimum absolute atomic E-state index is 0.0400. The topological polar surface area (TPSA) is 76.4 Å². The number of ketones is 2. The maximum atomic E-state index is 12.6. The average molecular weight is 357 g/mol. The second-order valence-electron chi connectivity index (χ2n) is 6.86. The van der Waals surface area contributed by atoms with Gasteiger partial charge in [0.2, 0.25) is 0 Å². The quantitative estimate of drug-likeness (QED) is 0.509. The number of carbonyl (C=O) groups excluding carboxylic acids is 2. The third-order valence-electron chi connectivity index (χ3n) is 5.56. The Bertz CT molecular complexity index is 986. The molecule has 1 heterocycles. The van der Waals surface area contributed by atoms with Gasteiger partial charge in [0.05, 0.1) is 10.2 Å². The summed E-state index contributed by atoms with van der Waals surface area (Å²) < 4.78 is 2.50. The van der Waals surface area contributed by atoms with Crippen molar-refractivity contribution in [1.29, 1.82) is 0 Å². The second kappa shape index (κ2) is 5.66. The van der Waals surface area contributed by atoms with E-state index >= 15 is 0 Å². The van der Waals surface area contributed by atoms with Crippen LogP contribution in [0.15, 0.2) is 22.5 Å². The Hall–Kier alpha value is -2.21. The van der Waals surface area contributed by atoms with Crippen LogP contribution in [-0.4, -0.2) is 21.2 Å². The number of thiazole rings is 1. The summed E-state index contributed by atoms with van der Waals surface area (Å²) >= 11 is 1.16. The molecule has 2 atom stereocenters. The number of benzene rings is 1. The van der Waals surface area contributed by atoms with Crippen LogP contribution in [0.5, 0.6) is 0 Å². The summed E-state index contributed by atoms with van der Waals surface area (Å²) in [5, 5.41) is 10.8. The molecule has 0 saturated heterocycles. The average Bonchev–Trinajstić information content (AvgIpc) is 3.16. The molecule has 25 heavy (non-hydrogen) atoms. The molecule has 5 nitrogen and oxygen atoms in total. The number of hydrogen-bond acceptors (Lipinski definition) is 5. The Balaban J connectivity index is 1.95. The normalized spacial score (nSPS) is 22.9. The van der Waals surface area contributed by atoms with E-state index in [9.17, 15) is 19.5 Å². The fourth-order valence-corrected chi connectivity index (χ4v) is 5.25. The van der Waals surface area contributed by atoms with Crippen molar-refractivity contribution in [2.45, 2.75) is 39.7 Å². The van der Waals surface area contributed by atoms with E-state index < -0.39 is 0 Å². The van der Waals surface area contributed by atoms with Gasteiger partial charge in [0.1, 0.15) is 11.3 Å². The molecule has 0 radical (unpaired) electrons. The van der Waals surface area contributed by atoms with Crippen LogP contribution >= 0.6 is 11.3 Å². The van der Waals surface area contributed by atoms with Gasteiger partial charge < -0.3 is 5.11 Å². The zero-order chi connectivity index (χ0) is 17.9. The summed E-state index contributed by atoms with van der Waals surface area (Å²) in [5.41, 5.74) is 1.91. The largest absolute Gasteiger partial charge is 0.506 e. The SMILES string of the molecule is CCn1c(=O)sc2ccc(C(O)=C3C(=O)C4CCC(C4)C3=O)c(C)c21. The predicted octanol–water partition coefficient (Wildman–Crippen LogP) is 3.23. The molecule has 2 bridgehead atoms. The number of aromatic nitrogens is 1. The number of aliphatic hydroxyl groups excluding tert-OH is 1. The van der Waals surface area contributed by atoms with Crippen LogP contribution in [0.1, 0.15) is 37.3 Å². The Kier molecular flexibility index (Phi) is 3.68. The van der Waals surface area contributed by atoms with Gasteiger partial charge in [-0.2, -0.15) is 0 Å². The first-order chi connectivity index (χ1) is 11.9. The number of Topliss-reactive ketones (excluding diaryl/α,β-unsaturated/α-hetero) is 2. The fraction of sp³-hybridized carbons (Fsp3) is 0.421. The summed E-state index contributed by atoms with van der Waals surface area (Å²) in [4.78, 5) is 37.3. The molecule has 0 aliphatic heterocycles. The molecule has 1 N–H and O–H groups in total. The molecule has 2 aliphatic rings. The number of hydrogen-bond donors (Lipinski definition) is 1. The van der Waals surface area contributed by atoms with E-state index in [0.717, 1.165) is 40.0 Å². The number of allylic oxidation sites excluding steroid dienone is 1. The number of fused-ring (bicyclic) bond motifs is 3. The van der Waals surface area contributed by atoms with Gasteiger partial charge in [-0.3, -0.25) is 19.0 Å². The molecule has 2 unspecified atom stereocenters. The molecule has 1 aromatic carbocycles. The van der Waals surface area contributed by atoms with E-state index in [1.54, 1.807) is 16.7 Å². The second-order valence-corrected chi connectivity index (χ2v) is 7.85. The highest BCUT2D eigenvalue weighted by molar-refractivity contribution is 7.16.